The van der Waals surface area contributed by atoms with E-state index >= 15 is 0 Å². The maximum absolute atomic E-state index is 12.3. The first-order chi connectivity index (χ1) is 11.6. The van der Waals surface area contributed by atoms with Crippen LogP contribution in [0.15, 0.2) is 34.1 Å². The van der Waals surface area contributed by atoms with E-state index in [4.69, 9.17) is 0 Å². The Bertz CT molecular complexity index is 820. The molecule has 0 N–H and O–H groups in total. The Morgan fingerprint density at radius 1 is 1.33 bits per heavy atom. The van der Waals surface area contributed by atoms with Crippen molar-refractivity contribution in [1.82, 2.24) is 24.2 Å². The summed E-state index contributed by atoms with van der Waals surface area (Å²) in [5.74, 6) is 0.824. The first-order valence-corrected chi connectivity index (χ1v) is 8.90. The van der Waals surface area contributed by atoms with Crippen LogP contribution in [0.1, 0.15) is 24.5 Å². The van der Waals surface area contributed by atoms with E-state index in [1.165, 1.54) is 10.9 Å². The van der Waals surface area contributed by atoms with Crippen LogP contribution in [0, 0.1) is 5.92 Å². The lowest BCUT2D eigenvalue weighted by molar-refractivity contribution is -0.138. The van der Waals surface area contributed by atoms with Crippen LogP contribution in [0.5, 0.6) is 0 Å². The van der Waals surface area contributed by atoms with Gasteiger partial charge in [-0.05, 0) is 28.8 Å². The number of nitrogens with zero attached hydrogens (tertiary/aromatic N) is 5. The van der Waals surface area contributed by atoms with Gasteiger partial charge in [0.15, 0.2) is 0 Å². The quantitative estimate of drug-likeness (QED) is 0.768. The maximum Gasteiger partial charge on any atom is 0.254 e. The topological polar surface area (TPSA) is 73.0 Å². The van der Waals surface area contributed by atoms with Crippen molar-refractivity contribution in [1.29, 1.82) is 0 Å². The largest absolute Gasteiger partial charge is 0.340 e. The highest BCUT2D eigenvalue weighted by atomic mass is 79.9. The third-order valence-electron chi connectivity index (χ3n) is 4.56. The molecule has 1 saturated heterocycles. The molecule has 2 fully saturated rings. The lowest BCUT2D eigenvalue weighted by atomic mass is 10.0. The Hall–Kier alpha value is -1.96. The molecule has 0 spiro atoms. The minimum absolute atomic E-state index is 0.0315. The number of rotatable bonds is 5. The van der Waals surface area contributed by atoms with Crippen molar-refractivity contribution in [3.8, 4) is 0 Å². The van der Waals surface area contributed by atoms with Gasteiger partial charge in [0.25, 0.3) is 5.56 Å². The predicted octanol–water partition coefficient (Wildman–Crippen LogP) is 1.24. The summed E-state index contributed by atoms with van der Waals surface area (Å²) < 4.78 is 4.23. The lowest BCUT2D eigenvalue weighted by Gasteiger charge is -2.39. The van der Waals surface area contributed by atoms with Gasteiger partial charge in [0, 0.05) is 43.7 Å². The summed E-state index contributed by atoms with van der Waals surface area (Å²) in [4.78, 5) is 30.5. The number of hydrogen-bond donors (Lipinski definition) is 0. The van der Waals surface area contributed by atoms with Crippen molar-refractivity contribution < 1.29 is 4.79 Å². The van der Waals surface area contributed by atoms with Crippen LogP contribution >= 0.6 is 15.9 Å². The zero-order valence-electron chi connectivity index (χ0n) is 13.1. The van der Waals surface area contributed by atoms with Gasteiger partial charge in [-0.25, -0.2) is 4.98 Å². The van der Waals surface area contributed by atoms with E-state index < -0.39 is 0 Å². The number of halogens is 1. The highest BCUT2D eigenvalue weighted by Crippen LogP contribution is 2.38. The van der Waals surface area contributed by atoms with E-state index in [9.17, 15) is 9.59 Å². The highest BCUT2D eigenvalue weighted by molar-refractivity contribution is 9.10. The molecule has 2 aliphatic rings. The summed E-state index contributed by atoms with van der Waals surface area (Å²) in [5.41, 5.74) is 0.719. The van der Waals surface area contributed by atoms with Crippen molar-refractivity contribution in [2.45, 2.75) is 31.8 Å². The van der Waals surface area contributed by atoms with Crippen molar-refractivity contribution in [3.05, 3.63) is 45.3 Å². The summed E-state index contributed by atoms with van der Waals surface area (Å²) in [6.45, 7) is 2.28. The second-order valence-electron chi connectivity index (χ2n) is 6.60. The maximum atomic E-state index is 12.3. The lowest BCUT2D eigenvalue weighted by Crippen LogP contribution is -2.52. The molecule has 4 rings (SSSR count). The van der Waals surface area contributed by atoms with Crippen LogP contribution < -0.4 is 5.56 Å². The van der Waals surface area contributed by atoms with Crippen LogP contribution in [0.3, 0.4) is 0 Å². The van der Waals surface area contributed by atoms with Crippen molar-refractivity contribution in [3.63, 3.8) is 0 Å². The molecule has 1 amide bonds. The number of carbonyl (C=O) groups excluding carboxylic acids is 1. The molecule has 24 heavy (non-hydrogen) atoms. The zero-order valence-corrected chi connectivity index (χ0v) is 14.7. The second kappa shape index (κ2) is 6.16. The van der Waals surface area contributed by atoms with E-state index in [-0.39, 0.29) is 18.0 Å². The molecule has 3 heterocycles. The van der Waals surface area contributed by atoms with Gasteiger partial charge in [0.1, 0.15) is 6.54 Å². The van der Waals surface area contributed by atoms with E-state index in [2.05, 4.69) is 26.0 Å². The first-order valence-electron chi connectivity index (χ1n) is 8.10. The fraction of sp³-hybridized carbons (Fsp3) is 0.500. The normalized spacial score (nSPS) is 17.8. The molecule has 0 unspecified atom stereocenters. The third kappa shape index (κ3) is 3.28. The Morgan fingerprint density at radius 3 is 2.75 bits per heavy atom. The number of amides is 1. The minimum atomic E-state index is -0.140. The first kappa shape index (κ1) is 15.6. The molecule has 7 nitrogen and oxygen atoms in total. The van der Waals surface area contributed by atoms with Gasteiger partial charge in [-0.1, -0.05) is 0 Å². The molecule has 1 aliphatic heterocycles. The van der Waals surface area contributed by atoms with Gasteiger partial charge in [0.2, 0.25) is 5.91 Å². The van der Waals surface area contributed by atoms with Crippen LogP contribution in [0.4, 0.5) is 0 Å². The van der Waals surface area contributed by atoms with Crippen LogP contribution in [0.25, 0.3) is 0 Å². The Kier molecular flexibility index (Phi) is 3.99. The summed E-state index contributed by atoms with van der Waals surface area (Å²) >= 11 is 3.37. The van der Waals surface area contributed by atoms with E-state index in [0.29, 0.717) is 24.9 Å². The van der Waals surface area contributed by atoms with E-state index in [1.54, 1.807) is 17.2 Å². The van der Waals surface area contributed by atoms with E-state index in [1.807, 2.05) is 10.9 Å². The standard InChI is InChI=1S/C16H18BrN5O2/c17-13-4-19-22(8-13)7-11-5-20(6-11)16(24)9-21-10-18-14(3-15(21)23)12-1-2-12/h3-4,8,10-12H,1-2,5-7,9H2. The van der Waals surface area contributed by atoms with Crippen molar-refractivity contribution in [2.75, 3.05) is 13.1 Å². The van der Waals surface area contributed by atoms with E-state index in [0.717, 1.165) is 29.6 Å². The SMILES string of the molecule is O=C(Cn1cnc(C2CC2)cc1=O)N1CC(Cn2cc(Br)cn2)C1. The van der Waals surface area contributed by atoms with Gasteiger partial charge in [-0.2, -0.15) is 5.10 Å². The monoisotopic (exact) mass is 391 g/mol. The third-order valence-corrected chi connectivity index (χ3v) is 4.97. The molecule has 2 aromatic rings. The number of hydrogen-bond acceptors (Lipinski definition) is 4. The Morgan fingerprint density at radius 2 is 2.12 bits per heavy atom. The average molecular weight is 392 g/mol. The average Bonchev–Trinajstić information content (AvgIpc) is 3.27. The predicted molar refractivity (Wildman–Crippen MR) is 90.5 cm³/mol. The Balaban J connectivity index is 1.30. The van der Waals surface area contributed by atoms with Gasteiger partial charge in [-0.15, -0.1) is 0 Å². The zero-order chi connectivity index (χ0) is 16.7. The highest BCUT2D eigenvalue weighted by Gasteiger charge is 2.31. The van der Waals surface area contributed by atoms with Gasteiger partial charge in [0.05, 0.1) is 22.7 Å². The summed E-state index contributed by atoms with van der Waals surface area (Å²) in [7, 11) is 0. The van der Waals surface area contributed by atoms with Crippen LogP contribution in [-0.2, 0) is 17.9 Å². The molecule has 1 saturated carbocycles. The fourth-order valence-corrected chi connectivity index (χ4v) is 3.33. The smallest absolute Gasteiger partial charge is 0.254 e. The molecule has 2 aromatic heterocycles. The fourth-order valence-electron chi connectivity index (χ4n) is 3.00. The summed E-state index contributed by atoms with van der Waals surface area (Å²) in [5, 5.41) is 4.23. The van der Waals surface area contributed by atoms with Crippen molar-refractivity contribution >= 4 is 21.8 Å². The number of carbonyl (C=O) groups is 1. The molecule has 1 aliphatic carbocycles. The molecule has 0 radical (unpaired) electrons. The second-order valence-corrected chi connectivity index (χ2v) is 7.52. The van der Waals surface area contributed by atoms with Gasteiger partial charge < -0.3 is 4.90 Å². The molecule has 0 bridgehead atoms. The molecule has 0 aromatic carbocycles. The minimum Gasteiger partial charge on any atom is -0.340 e. The molecular formula is C16H18BrN5O2. The van der Waals surface area contributed by atoms with Gasteiger partial charge in [-0.3, -0.25) is 18.8 Å². The Labute approximate surface area is 147 Å². The molecule has 0 atom stereocenters. The molecule has 8 heteroatoms. The number of likely N-dealkylation sites (tertiary alicyclic amines) is 1. The summed E-state index contributed by atoms with van der Waals surface area (Å²) in [6.07, 6.45) is 7.41. The molecular weight excluding hydrogens is 374 g/mol. The van der Waals surface area contributed by atoms with Crippen LogP contribution in [0.2, 0.25) is 0 Å². The van der Waals surface area contributed by atoms with Crippen LogP contribution in [-0.4, -0.2) is 43.2 Å². The number of aromatic nitrogens is 4. The van der Waals surface area contributed by atoms with Gasteiger partial charge >= 0.3 is 0 Å². The molecule has 126 valence electrons. The van der Waals surface area contributed by atoms with Crippen molar-refractivity contribution in [2.24, 2.45) is 5.92 Å². The summed E-state index contributed by atoms with van der Waals surface area (Å²) in [6, 6.07) is 1.57.